The monoisotopic (exact) mass is 479 g/mol. The number of nitrogens with zero attached hydrogens (tertiary/aromatic N) is 1. The third-order valence-corrected chi connectivity index (χ3v) is 6.69. The van der Waals surface area contributed by atoms with Crippen molar-refractivity contribution < 1.29 is 13.6 Å². The van der Waals surface area contributed by atoms with E-state index in [4.69, 9.17) is 0 Å². The molecule has 34 heavy (non-hydrogen) atoms. The molecule has 2 aromatic carbocycles. The minimum Gasteiger partial charge on any atom is -0.345 e. The van der Waals surface area contributed by atoms with E-state index < -0.39 is 11.4 Å². The van der Waals surface area contributed by atoms with Crippen molar-refractivity contribution in [1.29, 1.82) is 0 Å². The Morgan fingerprint density at radius 3 is 2.62 bits per heavy atom. The van der Waals surface area contributed by atoms with Crippen molar-refractivity contribution in [3.05, 3.63) is 111 Å². The Balaban J connectivity index is 1.55. The van der Waals surface area contributed by atoms with Gasteiger partial charge in [0, 0.05) is 28.6 Å². The topological polar surface area (TPSA) is 63.1 Å². The van der Waals surface area contributed by atoms with E-state index in [0.717, 1.165) is 25.4 Å². The summed E-state index contributed by atoms with van der Waals surface area (Å²) >= 11 is 1.51. The number of carbonyl (C=O) groups excluding carboxylic acids is 1. The molecule has 0 saturated heterocycles. The van der Waals surface area contributed by atoms with Gasteiger partial charge in [-0.25, -0.2) is 8.78 Å². The van der Waals surface area contributed by atoms with Gasteiger partial charge in [-0.15, -0.1) is 11.3 Å². The largest absolute Gasteiger partial charge is 0.345 e. The predicted octanol–water partition coefficient (Wildman–Crippen LogP) is 5.05. The van der Waals surface area contributed by atoms with Crippen LogP contribution < -0.4 is 16.2 Å². The maximum Gasteiger partial charge on any atom is 0.255 e. The molecule has 2 N–H and O–H groups in total. The maximum atomic E-state index is 14.2. The number of pyridine rings is 1. The molecule has 1 amide bonds. The molecule has 2 aromatic heterocycles. The lowest BCUT2D eigenvalue weighted by Gasteiger charge is -2.14. The van der Waals surface area contributed by atoms with Crippen molar-refractivity contribution in [2.75, 3.05) is 7.05 Å². The number of rotatable bonds is 7. The second-order valence-corrected chi connectivity index (χ2v) is 8.92. The van der Waals surface area contributed by atoms with Crippen molar-refractivity contribution in [2.45, 2.75) is 19.5 Å². The number of hydrogen-bond donors (Lipinski definition) is 2. The second-order valence-electron chi connectivity index (χ2n) is 7.81. The van der Waals surface area contributed by atoms with Gasteiger partial charge in [0.2, 0.25) is 0 Å². The number of carbonyl (C=O) groups is 1. The highest BCUT2D eigenvalue weighted by atomic mass is 32.1. The summed E-state index contributed by atoms with van der Waals surface area (Å²) in [6, 6.07) is 16.8. The van der Waals surface area contributed by atoms with Crippen LogP contribution in [-0.4, -0.2) is 17.5 Å². The van der Waals surface area contributed by atoms with Crippen LogP contribution >= 0.6 is 11.3 Å². The minimum atomic E-state index is -0.555. The standard InChI is InChI=1S/C26H23F2N3O2S/c1-16(23-10-11-24(34-23)20-9-8-19(27)13-18(20)14-29-2)30-26(33)17-7-12-25(32)31(15-17)22-6-4-3-5-21(22)28/h3-13,15-16,29H,14H2,1-2H3,(H,30,33)/t16-/m1/s1. The molecule has 1 atom stereocenters. The summed E-state index contributed by atoms with van der Waals surface area (Å²) in [5, 5.41) is 5.98. The Kier molecular flexibility index (Phi) is 7.00. The van der Waals surface area contributed by atoms with Gasteiger partial charge in [0.25, 0.3) is 11.5 Å². The first-order valence-corrected chi connectivity index (χ1v) is 11.5. The first-order valence-electron chi connectivity index (χ1n) is 10.7. The summed E-state index contributed by atoms with van der Waals surface area (Å²) in [7, 11) is 1.81. The summed E-state index contributed by atoms with van der Waals surface area (Å²) < 4.78 is 29.0. The van der Waals surface area contributed by atoms with Crippen LogP contribution in [0.4, 0.5) is 8.78 Å². The molecule has 4 rings (SSSR count). The summed E-state index contributed by atoms with van der Waals surface area (Å²) in [6.07, 6.45) is 1.34. The lowest BCUT2D eigenvalue weighted by Crippen LogP contribution is -2.28. The molecular weight excluding hydrogens is 456 g/mol. The van der Waals surface area contributed by atoms with Crippen LogP contribution in [0.5, 0.6) is 0 Å². The molecule has 0 radical (unpaired) electrons. The van der Waals surface area contributed by atoms with Crippen molar-refractivity contribution >= 4 is 17.2 Å². The van der Waals surface area contributed by atoms with Crippen LogP contribution in [0.2, 0.25) is 0 Å². The van der Waals surface area contributed by atoms with Crippen LogP contribution in [0.15, 0.2) is 77.7 Å². The summed E-state index contributed by atoms with van der Waals surface area (Å²) in [5.41, 5.74) is 1.66. The van der Waals surface area contributed by atoms with Gasteiger partial charge in [0.05, 0.1) is 17.3 Å². The normalized spacial score (nSPS) is 11.9. The molecule has 174 valence electrons. The lowest BCUT2D eigenvalue weighted by atomic mass is 10.1. The zero-order valence-corrected chi connectivity index (χ0v) is 19.5. The Morgan fingerprint density at radius 2 is 1.85 bits per heavy atom. The van der Waals surface area contributed by atoms with Crippen LogP contribution in [0, 0.1) is 11.6 Å². The SMILES string of the molecule is CNCc1cc(F)ccc1-c1ccc([C@@H](C)NC(=O)c2ccc(=O)n(-c3ccccc3F)c2)s1. The van der Waals surface area contributed by atoms with E-state index in [9.17, 15) is 18.4 Å². The van der Waals surface area contributed by atoms with E-state index in [-0.39, 0.29) is 29.0 Å². The van der Waals surface area contributed by atoms with Crippen LogP contribution in [-0.2, 0) is 6.54 Å². The molecule has 4 aromatic rings. The number of para-hydroxylation sites is 1. The van der Waals surface area contributed by atoms with Crippen molar-refractivity contribution in [1.82, 2.24) is 15.2 Å². The third-order valence-electron chi connectivity index (χ3n) is 5.39. The lowest BCUT2D eigenvalue weighted by molar-refractivity contribution is 0.0940. The van der Waals surface area contributed by atoms with Gasteiger partial charge in [0.15, 0.2) is 0 Å². The van der Waals surface area contributed by atoms with E-state index in [1.165, 1.54) is 60.0 Å². The molecule has 0 saturated carbocycles. The second kappa shape index (κ2) is 10.1. The van der Waals surface area contributed by atoms with Gasteiger partial charge in [-0.1, -0.05) is 18.2 Å². The molecule has 2 heterocycles. The molecule has 0 fully saturated rings. The molecule has 0 aliphatic heterocycles. The molecule has 0 aliphatic carbocycles. The van der Waals surface area contributed by atoms with Crippen molar-refractivity contribution in [2.24, 2.45) is 0 Å². The van der Waals surface area contributed by atoms with E-state index in [1.807, 2.05) is 19.1 Å². The van der Waals surface area contributed by atoms with Gasteiger partial charge in [-0.05, 0) is 67.6 Å². The Bertz CT molecular complexity index is 1400. The number of benzene rings is 2. The number of nitrogens with one attached hydrogen (secondary N) is 2. The Hall–Kier alpha value is -3.62. The fourth-order valence-corrected chi connectivity index (χ4v) is 4.75. The van der Waals surface area contributed by atoms with Gasteiger partial charge in [-0.2, -0.15) is 0 Å². The van der Waals surface area contributed by atoms with Crippen LogP contribution in [0.3, 0.4) is 0 Å². The molecule has 8 heteroatoms. The van der Waals surface area contributed by atoms with Crippen molar-refractivity contribution in [3.8, 4) is 16.1 Å². The van der Waals surface area contributed by atoms with E-state index in [2.05, 4.69) is 10.6 Å². The number of halogens is 2. The number of thiophene rings is 1. The van der Waals surface area contributed by atoms with Crippen LogP contribution in [0.25, 0.3) is 16.1 Å². The van der Waals surface area contributed by atoms with Gasteiger partial charge in [-0.3, -0.25) is 14.2 Å². The Morgan fingerprint density at radius 1 is 1.06 bits per heavy atom. The number of aromatic nitrogens is 1. The van der Waals surface area contributed by atoms with Gasteiger partial charge in [0.1, 0.15) is 11.6 Å². The molecule has 0 unspecified atom stereocenters. The summed E-state index contributed by atoms with van der Waals surface area (Å²) in [5.74, 6) is -1.23. The predicted molar refractivity (Wildman–Crippen MR) is 130 cm³/mol. The van der Waals surface area contributed by atoms with E-state index in [1.54, 1.807) is 19.2 Å². The highest BCUT2D eigenvalue weighted by Crippen LogP contribution is 2.34. The molecular formula is C26H23F2N3O2S. The molecule has 0 spiro atoms. The van der Waals surface area contributed by atoms with Crippen LogP contribution in [0.1, 0.15) is 33.8 Å². The third kappa shape index (κ3) is 4.98. The first kappa shape index (κ1) is 23.5. The van der Waals surface area contributed by atoms with Gasteiger partial charge >= 0.3 is 0 Å². The highest BCUT2D eigenvalue weighted by molar-refractivity contribution is 7.15. The maximum absolute atomic E-state index is 14.2. The smallest absolute Gasteiger partial charge is 0.255 e. The number of amides is 1. The Labute approximate surface area is 199 Å². The summed E-state index contributed by atoms with van der Waals surface area (Å²) in [6.45, 7) is 2.39. The first-order chi connectivity index (χ1) is 16.4. The average Bonchev–Trinajstić information content (AvgIpc) is 3.30. The average molecular weight is 480 g/mol. The fraction of sp³-hybridized carbons (Fsp3) is 0.154. The fourth-order valence-electron chi connectivity index (χ4n) is 3.68. The number of hydrogen-bond acceptors (Lipinski definition) is 4. The quantitative estimate of drug-likeness (QED) is 0.390. The minimum absolute atomic E-state index is 0.0785. The zero-order valence-electron chi connectivity index (χ0n) is 18.6. The molecule has 0 bridgehead atoms. The van der Waals surface area contributed by atoms with E-state index >= 15 is 0 Å². The van der Waals surface area contributed by atoms with E-state index in [0.29, 0.717) is 6.54 Å². The highest BCUT2D eigenvalue weighted by Gasteiger charge is 2.17. The zero-order chi connectivity index (χ0) is 24.2. The molecule has 0 aliphatic rings. The van der Waals surface area contributed by atoms with Crippen molar-refractivity contribution in [3.63, 3.8) is 0 Å². The molecule has 5 nitrogen and oxygen atoms in total. The summed E-state index contributed by atoms with van der Waals surface area (Å²) in [4.78, 5) is 27.0. The van der Waals surface area contributed by atoms with Gasteiger partial charge < -0.3 is 10.6 Å².